The van der Waals surface area contributed by atoms with Crippen molar-refractivity contribution < 1.29 is 9.90 Å². The second kappa shape index (κ2) is 6.77. The van der Waals surface area contributed by atoms with Crippen molar-refractivity contribution in [2.75, 3.05) is 18.9 Å². The van der Waals surface area contributed by atoms with E-state index in [9.17, 15) is 4.79 Å². The van der Waals surface area contributed by atoms with Crippen LogP contribution in [0, 0.1) is 5.41 Å². The molecule has 1 aromatic rings. The summed E-state index contributed by atoms with van der Waals surface area (Å²) in [4.78, 5) is 12.8. The number of nitrogens with one attached hydrogen (secondary N) is 1. The summed E-state index contributed by atoms with van der Waals surface area (Å²) in [5, 5.41) is 12.1. The summed E-state index contributed by atoms with van der Waals surface area (Å²) in [6.07, 6.45) is 2.57. The molecule has 3 nitrogen and oxygen atoms in total. The summed E-state index contributed by atoms with van der Waals surface area (Å²) < 4.78 is 1.06. The molecule has 0 unspecified atom stereocenters. The quantitative estimate of drug-likeness (QED) is 0.748. The van der Waals surface area contributed by atoms with Crippen LogP contribution >= 0.6 is 27.7 Å². The van der Waals surface area contributed by atoms with E-state index in [2.05, 4.69) is 21.2 Å². The van der Waals surface area contributed by atoms with Gasteiger partial charge in [-0.05, 0) is 37.1 Å². The molecule has 1 aliphatic carbocycles. The molecule has 19 heavy (non-hydrogen) atoms. The number of aliphatic hydroxyl groups is 1. The topological polar surface area (TPSA) is 49.3 Å². The summed E-state index contributed by atoms with van der Waals surface area (Å²) in [7, 11) is 0. The number of halogens is 1. The lowest BCUT2D eigenvalue weighted by Gasteiger charge is -2.12. The van der Waals surface area contributed by atoms with Crippen LogP contribution in [0.25, 0.3) is 0 Å². The molecule has 0 aromatic heterocycles. The standard InChI is InChI=1S/C14H18BrNO2S/c15-11-1-3-12(4-2-11)19-8-5-13(18)16-9-14(10-17)6-7-14/h1-4,17H,5-10H2,(H,16,18). The lowest BCUT2D eigenvalue weighted by atomic mass is 10.1. The lowest BCUT2D eigenvalue weighted by Crippen LogP contribution is -2.31. The number of carbonyl (C=O) groups is 1. The SMILES string of the molecule is O=C(CCSc1ccc(Br)cc1)NCC1(CO)CC1. The maximum Gasteiger partial charge on any atom is 0.220 e. The Kier molecular flexibility index (Phi) is 5.30. The highest BCUT2D eigenvalue weighted by molar-refractivity contribution is 9.10. The van der Waals surface area contributed by atoms with Gasteiger partial charge < -0.3 is 10.4 Å². The summed E-state index contributed by atoms with van der Waals surface area (Å²) in [5.74, 6) is 0.851. The zero-order valence-electron chi connectivity index (χ0n) is 10.7. The predicted molar refractivity (Wildman–Crippen MR) is 81.2 cm³/mol. The molecule has 0 saturated heterocycles. The highest BCUT2D eigenvalue weighted by atomic mass is 79.9. The molecule has 104 valence electrons. The molecule has 1 fully saturated rings. The molecule has 1 aromatic carbocycles. The van der Waals surface area contributed by atoms with Crippen LogP contribution in [0.4, 0.5) is 0 Å². The van der Waals surface area contributed by atoms with Gasteiger partial charge in [0, 0.05) is 33.5 Å². The molecule has 2 rings (SSSR count). The zero-order chi connectivity index (χ0) is 13.7. The average Bonchev–Trinajstić information content (AvgIpc) is 3.19. The molecular formula is C14H18BrNO2S. The molecule has 1 saturated carbocycles. The Labute approximate surface area is 126 Å². The Hall–Kier alpha value is -0.520. The number of carbonyl (C=O) groups excluding carboxylic acids is 1. The number of hydrogen-bond acceptors (Lipinski definition) is 3. The van der Waals surface area contributed by atoms with Gasteiger partial charge in [-0.3, -0.25) is 4.79 Å². The first-order valence-corrected chi connectivity index (χ1v) is 8.17. The van der Waals surface area contributed by atoms with E-state index in [4.69, 9.17) is 5.11 Å². The Balaban J connectivity index is 1.62. The van der Waals surface area contributed by atoms with Crippen LogP contribution in [0.3, 0.4) is 0 Å². The van der Waals surface area contributed by atoms with Gasteiger partial charge in [0.2, 0.25) is 5.91 Å². The van der Waals surface area contributed by atoms with Crippen LogP contribution in [-0.2, 0) is 4.79 Å². The van der Waals surface area contributed by atoms with E-state index < -0.39 is 0 Å². The molecular weight excluding hydrogens is 326 g/mol. The van der Waals surface area contributed by atoms with Crippen LogP contribution in [0.15, 0.2) is 33.6 Å². The van der Waals surface area contributed by atoms with Gasteiger partial charge in [-0.15, -0.1) is 11.8 Å². The summed E-state index contributed by atoms with van der Waals surface area (Å²) in [6.45, 7) is 0.798. The highest BCUT2D eigenvalue weighted by Gasteiger charge is 2.41. The number of aliphatic hydroxyl groups excluding tert-OH is 1. The number of benzene rings is 1. The minimum atomic E-state index is -0.00545. The van der Waals surface area contributed by atoms with E-state index in [0.717, 1.165) is 23.1 Å². The van der Waals surface area contributed by atoms with Gasteiger partial charge in [-0.25, -0.2) is 0 Å². The van der Waals surface area contributed by atoms with Crippen molar-refractivity contribution in [1.29, 1.82) is 0 Å². The number of amides is 1. The van der Waals surface area contributed by atoms with Gasteiger partial charge in [-0.1, -0.05) is 15.9 Å². The van der Waals surface area contributed by atoms with Crippen molar-refractivity contribution in [3.63, 3.8) is 0 Å². The molecule has 0 spiro atoms. The van der Waals surface area contributed by atoms with Crippen molar-refractivity contribution in [3.05, 3.63) is 28.7 Å². The van der Waals surface area contributed by atoms with Crippen molar-refractivity contribution in [1.82, 2.24) is 5.32 Å². The maximum absolute atomic E-state index is 11.7. The van der Waals surface area contributed by atoms with Gasteiger partial charge in [0.25, 0.3) is 0 Å². The minimum absolute atomic E-state index is 0.00545. The second-order valence-electron chi connectivity index (χ2n) is 4.99. The van der Waals surface area contributed by atoms with E-state index >= 15 is 0 Å². The molecule has 0 aliphatic heterocycles. The predicted octanol–water partition coefficient (Wildman–Crippen LogP) is 2.82. The molecule has 0 heterocycles. The van der Waals surface area contributed by atoms with Crippen molar-refractivity contribution >= 4 is 33.6 Å². The van der Waals surface area contributed by atoms with Gasteiger partial charge in [0.1, 0.15) is 0 Å². The first-order valence-electron chi connectivity index (χ1n) is 6.39. The second-order valence-corrected chi connectivity index (χ2v) is 7.07. The van der Waals surface area contributed by atoms with Crippen molar-refractivity contribution in [2.45, 2.75) is 24.2 Å². The van der Waals surface area contributed by atoms with E-state index in [0.29, 0.717) is 13.0 Å². The largest absolute Gasteiger partial charge is 0.396 e. The molecule has 1 amide bonds. The third kappa shape index (κ3) is 4.82. The molecule has 0 bridgehead atoms. The van der Waals surface area contributed by atoms with Crippen LogP contribution < -0.4 is 5.32 Å². The third-order valence-corrected chi connectivity index (χ3v) is 4.91. The molecule has 0 radical (unpaired) electrons. The number of hydrogen-bond donors (Lipinski definition) is 2. The Morgan fingerprint density at radius 2 is 2.05 bits per heavy atom. The fraction of sp³-hybridized carbons (Fsp3) is 0.500. The Morgan fingerprint density at radius 1 is 1.37 bits per heavy atom. The third-order valence-electron chi connectivity index (χ3n) is 3.36. The minimum Gasteiger partial charge on any atom is -0.396 e. The first kappa shape index (κ1) is 14.9. The normalized spacial score (nSPS) is 16.1. The molecule has 0 atom stereocenters. The van der Waals surface area contributed by atoms with Crippen LogP contribution in [0.1, 0.15) is 19.3 Å². The summed E-state index contributed by atoms with van der Waals surface area (Å²) in [5.41, 5.74) is -0.00545. The summed E-state index contributed by atoms with van der Waals surface area (Å²) in [6, 6.07) is 8.08. The van der Waals surface area contributed by atoms with E-state index in [1.807, 2.05) is 24.3 Å². The van der Waals surface area contributed by atoms with E-state index in [1.165, 1.54) is 4.90 Å². The average molecular weight is 344 g/mol. The van der Waals surface area contributed by atoms with Gasteiger partial charge in [0.15, 0.2) is 0 Å². The van der Waals surface area contributed by atoms with E-state index in [1.54, 1.807) is 11.8 Å². The monoisotopic (exact) mass is 343 g/mol. The first-order chi connectivity index (χ1) is 9.13. The smallest absolute Gasteiger partial charge is 0.220 e. The lowest BCUT2D eigenvalue weighted by molar-refractivity contribution is -0.121. The molecule has 1 aliphatic rings. The zero-order valence-corrected chi connectivity index (χ0v) is 13.1. The van der Waals surface area contributed by atoms with Gasteiger partial charge in [-0.2, -0.15) is 0 Å². The fourth-order valence-corrected chi connectivity index (χ4v) is 2.85. The maximum atomic E-state index is 11.7. The fourth-order valence-electron chi connectivity index (χ4n) is 1.73. The van der Waals surface area contributed by atoms with Crippen molar-refractivity contribution in [2.24, 2.45) is 5.41 Å². The van der Waals surface area contributed by atoms with Gasteiger partial charge >= 0.3 is 0 Å². The van der Waals surface area contributed by atoms with E-state index in [-0.39, 0.29) is 17.9 Å². The highest BCUT2D eigenvalue weighted by Crippen LogP contribution is 2.44. The number of thioether (sulfide) groups is 1. The molecule has 5 heteroatoms. The Bertz CT molecular complexity index is 432. The van der Waals surface area contributed by atoms with Crippen molar-refractivity contribution in [3.8, 4) is 0 Å². The molecule has 2 N–H and O–H groups in total. The van der Waals surface area contributed by atoms with Crippen LogP contribution in [0.5, 0.6) is 0 Å². The summed E-state index contributed by atoms with van der Waals surface area (Å²) >= 11 is 5.08. The number of rotatable bonds is 7. The van der Waals surface area contributed by atoms with Gasteiger partial charge in [0.05, 0.1) is 6.61 Å². The Morgan fingerprint density at radius 3 is 2.63 bits per heavy atom. The van der Waals surface area contributed by atoms with Crippen LogP contribution in [0.2, 0.25) is 0 Å². The van der Waals surface area contributed by atoms with Crippen LogP contribution in [-0.4, -0.2) is 29.9 Å².